The average molecular weight is 160 g/mol. The molecule has 0 aliphatic rings. The van der Waals surface area contributed by atoms with Crippen molar-refractivity contribution >= 4 is 11.9 Å². The van der Waals surface area contributed by atoms with Gasteiger partial charge in [-0.1, -0.05) is 0 Å². The lowest BCUT2D eigenvalue weighted by Crippen LogP contribution is -2.37. The first-order valence-electron chi connectivity index (χ1n) is 3.03. The molecule has 0 radical (unpaired) electrons. The number of carboxylic acids is 1. The zero-order valence-corrected chi connectivity index (χ0v) is 6.24. The number of aliphatic carboxylic acids is 1. The van der Waals surface area contributed by atoms with Gasteiger partial charge < -0.3 is 21.9 Å². The van der Waals surface area contributed by atoms with Crippen LogP contribution in [0.2, 0.25) is 0 Å². The van der Waals surface area contributed by atoms with Crippen LogP contribution in [0.25, 0.3) is 0 Å². The van der Waals surface area contributed by atoms with Gasteiger partial charge in [0, 0.05) is 0 Å². The zero-order valence-electron chi connectivity index (χ0n) is 6.24. The molecule has 0 aromatic carbocycles. The van der Waals surface area contributed by atoms with Crippen LogP contribution in [-0.4, -0.2) is 36.7 Å². The first-order chi connectivity index (χ1) is 5.07. The van der Waals surface area contributed by atoms with E-state index in [1.54, 1.807) is 0 Å². The Morgan fingerprint density at radius 1 is 1.73 bits per heavy atom. The number of likely N-dealkylation sites (N-methyl/N-ethyl adjacent to an activating group) is 1. The Hall–Kier alpha value is -1.30. The first-order valence-corrected chi connectivity index (χ1v) is 3.03. The van der Waals surface area contributed by atoms with E-state index >= 15 is 0 Å². The van der Waals surface area contributed by atoms with E-state index in [9.17, 15) is 4.79 Å². The molecule has 0 fully saturated rings. The van der Waals surface area contributed by atoms with Gasteiger partial charge in [-0.15, -0.1) is 0 Å². The summed E-state index contributed by atoms with van der Waals surface area (Å²) in [5.74, 6) is -1.08. The fraction of sp³-hybridized carbons (Fsp3) is 0.600. The molecule has 0 aliphatic carbocycles. The van der Waals surface area contributed by atoms with E-state index in [4.69, 9.17) is 16.6 Å². The highest BCUT2D eigenvalue weighted by molar-refractivity contribution is 5.77. The van der Waals surface area contributed by atoms with Gasteiger partial charge in [-0.2, -0.15) is 0 Å². The second-order valence-corrected chi connectivity index (χ2v) is 1.95. The summed E-state index contributed by atoms with van der Waals surface area (Å²) in [5.41, 5.74) is 10.0. The third-order valence-electron chi connectivity index (χ3n) is 1.10. The normalized spacial score (nSPS) is 12.1. The summed E-state index contributed by atoms with van der Waals surface area (Å²) in [5, 5.41) is 11.0. The number of nitrogens with zero attached hydrogens (tertiary/aromatic N) is 1. The first kappa shape index (κ1) is 9.70. The van der Waals surface area contributed by atoms with E-state index in [0.29, 0.717) is 0 Å². The number of nitrogens with two attached hydrogens (primary N) is 2. The standard InChI is InChI=1S/C5H12N4O2/c1-8-3(4(10)11)2-9-5(6)7/h3,8H,2H2,1H3,(H,10,11)(H4,6,7,9). The topological polar surface area (TPSA) is 114 Å². The van der Waals surface area contributed by atoms with E-state index in [-0.39, 0.29) is 12.5 Å². The van der Waals surface area contributed by atoms with E-state index in [1.165, 1.54) is 7.05 Å². The maximum atomic E-state index is 10.3. The van der Waals surface area contributed by atoms with Gasteiger partial charge in [-0.25, -0.2) is 0 Å². The van der Waals surface area contributed by atoms with Crippen molar-refractivity contribution in [2.45, 2.75) is 6.04 Å². The fourth-order valence-electron chi connectivity index (χ4n) is 0.490. The molecule has 0 heterocycles. The van der Waals surface area contributed by atoms with Crippen molar-refractivity contribution in [3.8, 4) is 0 Å². The molecule has 0 spiro atoms. The predicted molar refractivity (Wildman–Crippen MR) is 41.2 cm³/mol. The third-order valence-corrected chi connectivity index (χ3v) is 1.10. The van der Waals surface area contributed by atoms with Gasteiger partial charge in [0.15, 0.2) is 5.96 Å². The molecular weight excluding hydrogens is 148 g/mol. The summed E-state index contributed by atoms with van der Waals surface area (Å²) >= 11 is 0. The summed E-state index contributed by atoms with van der Waals surface area (Å²) in [7, 11) is 1.53. The number of carboxylic acid groups (broad SMARTS) is 1. The summed E-state index contributed by atoms with van der Waals surface area (Å²) in [6.07, 6.45) is 0. The minimum Gasteiger partial charge on any atom is -0.480 e. The van der Waals surface area contributed by atoms with Crippen molar-refractivity contribution < 1.29 is 9.90 Å². The third kappa shape index (κ3) is 4.15. The Balaban J connectivity index is 3.89. The minimum absolute atomic E-state index is 0.0498. The van der Waals surface area contributed by atoms with E-state index in [2.05, 4.69) is 10.3 Å². The highest BCUT2D eigenvalue weighted by atomic mass is 16.4. The Bertz CT molecular complexity index is 164. The summed E-state index contributed by atoms with van der Waals surface area (Å²) in [4.78, 5) is 13.9. The lowest BCUT2D eigenvalue weighted by Gasteiger charge is -2.06. The van der Waals surface area contributed by atoms with E-state index in [0.717, 1.165) is 0 Å². The molecule has 0 saturated carbocycles. The van der Waals surface area contributed by atoms with Crippen molar-refractivity contribution in [3.05, 3.63) is 0 Å². The quantitative estimate of drug-likeness (QED) is 0.279. The number of rotatable bonds is 4. The Labute approximate surface area is 64.3 Å². The van der Waals surface area contributed by atoms with Crippen LogP contribution in [0.5, 0.6) is 0 Å². The van der Waals surface area contributed by atoms with Crippen LogP contribution in [0.3, 0.4) is 0 Å². The molecule has 0 aromatic heterocycles. The molecule has 64 valence electrons. The highest BCUT2D eigenvalue weighted by Gasteiger charge is 2.12. The predicted octanol–water partition coefficient (Wildman–Crippen LogP) is -2.07. The molecule has 0 rings (SSSR count). The van der Waals surface area contributed by atoms with E-state index in [1.807, 2.05) is 0 Å². The van der Waals surface area contributed by atoms with Crippen LogP contribution in [-0.2, 0) is 4.79 Å². The number of hydrogen-bond acceptors (Lipinski definition) is 3. The molecule has 0 saturated heterocycles. The lowest BCUT2D eigenvalue weighted by atomic mass is 10.3. The molecular formula is C5H12N4O2. The summed E-state index contributed by atoms with van der Waals surface area (Å²) in [6, 6.07) is -0.725. The number of carbonyl (C=O) groups is 1. The van der Waals surface area contributed by atoms with Gasteiger partial charge >= 0.3 is 5.97 Å². The average Bonchev–Trinajstić information content (AvgIpc) is 1.87. The molecule has 6 nitrogen and oxygen atoms in total. The maximum Gasteiger partial charge on any atom is 0.322 e. The van der Waals surface area contributed by atoms with Crippen LogP contribution in [0.4, 0.5) is 0 Å². The van der Waals surface area contributed by atoms with Gasteiger partial charge in [0.25, 0.3) is 0 Å². The van der Waals surface area contributed by atoms with Crippen molar-refractivity contribution in [1.29, 1.82) is 0 Å². The van der Waals surface area contributed by atoms with Crippen LogP contribution >= 0.6 is 0 Å². The SMILES string of the molecule is CNC(CN=C(N)N)C(=O)O. The van der Waals surface area contributed by atoms with Gasteiger partial charge in [0.05, 0.1) is 6.54 Å². The number of guanidine groups is 1. The van der Waals surface area contributed by atoms with Crippen molar-refractivity contribution in [1.82, 2.24) is 5.32 Å². The molecule has 6 heteroatoms. The number of hydrogen-bond donors (Lipinski definition) is 4. The van der Waals surface area contributed by atoms with Crippen LogP contribution in [0, 0.1) is 0 Å². The highest BCUT2D eigenvalue weighted by Crippen LogP contribution is 1.83. The zero-order chi connectivity index (χ0) is 8.85. The fourth-order valence-corrected chi connectivity index (χ4v) is 0.490. The van der Waals surface area contributed by atoms with E-state index < -0.39 is 12.0 Å². The lowest BCUT2D eigenvalue weighted by molar-refractivity contribution is -0.139. The summed E-state index contributed by atoms with van der Waals surface area (Å²) < 4.78 is 0. The van der Waals surface area contributed by atoms with Gasteiger partial charge in [0.2, 0.25) is 0 Å². The van der Waals surface area contributed by atoms with Crippen molar-refractivity contribution in [2.75, 3.05) is 13.6 Å². The second-order valence-electron chi connectivity index (χ2n) is 1.95. The summed E-state index contributed by atoms with van der Waals surface area (Å²) in [6.45, 7) is 0.0498. The maximum absolute atomic E-state index is 10.3. The monoisotopic (exact) mass is 160 g/mol. The Kier molecular flexibility index (Phi) is 3.97. The van der Waals surface area contributed by atoms with Gasteiger partial charge in [-0.3, -0.25) is 9.79 Å². The second kappa shape index (κ2) is 4.51. The van der Waals surface area contributed by atoms with Crippen LogP contribution in [0.15, 0.2) is 4.99 Å². The van der Waals surface area contributed by atoms with Gasteiger partial charge in [0.1, 0.15) is 6.04 Å². The van der Waals surface area contributed by atoms with Crippen LogP contribution in [0.1, 0.15) is 0 Å². The molecule has 1 atom stereocenters. The molecule has 0 aromatic rings. The largest absolute Gasteiger partial charge is 0.480 e. The Morgan fingerprint density at radius 3 is 2.55 bits per heavy atom. The van der Waals surface area contributed by atoms with Crippen molar-refractivity contribution in [2.24, 2.45) is 16.5 Å². The molecule has 11 heavy (non-hydrogen) atoms. The number of aliphatic imine (C=N–C) groups is 1. The number of nitrogens with one attached hydrogen (secondary N) is 1. The van der Waals surface area contributed by atoms with Crippen molar-refractivity contribution in [3.63, 3.8) is 0 Å². The molecule has 0 aliphatic heterocycles. The molecule has 0 bridgehead atoms. The molecule has 1 unspecified atom stereocenters. The minimum atomic E-state index is -0.975. The smallest absolute Gasteiger partial charge is 0.322 e. The molecule has 6 N–H and O–H groups in total. The van der Waals surface area contributed by atoms with Crippen LogP contribution < -0.4 is 16.8 Å². The molecule has 0 amide bonds. The Morgan fingerprint density at radius 2 is 2.27 bits per heavy atom. The van der Waals surface area contributed by atoms with Gasteiger partial charge in [-0.05, 0) is 7.05 Å².